The van der Waals surface area contributed by atoms with Crippen molar-refractivity contribution in [2.24, 2.45) is 11.1 Å². The minimum atomic E-state index is -0.170. The van der Waals surface area contributed by atoms with E-state index in [0.717, 1.165) is 36.8 Å². The zero-order valence-corrected chi connectivity index (χ0v) is 12.0. The maximum absolute atomic E-state index is 12.2. The van der Waals surface area contributed by atoms with Gasteiger partial charge in [0.25, 0.3) is 0 Å². The van der Waals surface area contributed by atoms with Crippen LogP contribution in [0, 0.1) is 17.3 Å². The smallest absolute Gasteiger partial charge is 0.226 e. The number of carbonyl (C=O) groups is 1. The summed E-state index contributed by atoms with van der Waals surface area (Å²) in [6, 6.07) is 7.91. The van der Waals surface area contributed by atoms with E-state index in [1.54, 1.807) is 0 Å². The average Bonchev–Trinajstić information content (AvgIpc) is 2.91. The summed E-state index contributed by atoms with van der Waals surface area (Å²) in [6.07, 6.45) is 4.32. The van der Waals surface area contributed by atoms with Crippen molar-refractivity contribution in [1.82, 2.24) is 5.32 Å². The van der Waals surface area contributed by atoms with Crippen molar-refractivity contribution in [3.8, 4) is 11.8 Å². The van der Waals surface area contributed by atoms with Gasteiger partial charge in [-0.05, 0) is 30.5 Å². The predicted octanol–water partition coefficient (Wildman–Crippen LogP) is 2.19. The van der Waals surface area contributed by atoms with Crippen molar-refractivity contribution in [3.05, 3.63) is 35.4 Å². The molecule has 1 aliphatic rings. The standard InChI is InChI=1S/C17H22N2O/c1-17(9-2-3-10-17)16(20)19-13-15-7-4-6-14(12-15)8-5-11-18/h4,6-7,12H,2-3,9-11,13,18H2,1H3,(H,19,20). The van der Waals surface area contributed by atoms with Crippen LogP contribution in [0.15, 0.2) is 24.3 Å². The van der Waals surface area contributed by atoms with Gasteiger partial charge in [-0.15, -0.1) is 0 Å². The van der Waals surface area contributed by atoms with E-state index in [4.69, 9.17) is 5.73 Å². The van der Waals surface area contributed by atoms with Gasteiger partial charge in [0.2, 0.25) is 5.91 Å². The molecule has 3 N–H and O–H groups in total. The molecule has 0 spiro atoms. The Hall–Kier alpha value is -1.79. The van der Waals surface area contributed by atoms with Crippen molar-refractivity contribution in [2.75, 3.05) is 6.54 Å². The highest BCUT2D eigenvalue weighted by atomic mass is 16.2. The molecule has 0 atom stereocenters. The number of nitrogens with two attached hydrogens (primary N) is 1. The Morgan fingerprint density at radius 2 is 2.15 bits per heavy atom. The van der Waals surface area contributed by atoms with Gasteiger partial charge in [0.15, 0.2) is 0 Å². The molecule has 0 heterocycles. The molecule has 1 amide bonds. The molecule has 106 valence electrons. The lowest BCUT2D eigenvalue weighted by molar-refractivity contribution is -0.130. The van der Waals surface area contributed by atoms with E-state index in [9.17, 15) is 4.79 Å². The SMILES string of the molecule is CC1(C(=O)NCc2cccc(C#CCN)c2)CCCC1. The monoisotopic (exact) mass is 270 g/mol. The first-order valence-electron chi connectivity index (χ1n) is 7.20. The number of amides is 1. The van der Waals surface area contributed by atoms with Crippen LogP contribution in [0.5, 0.6) is 0 Å². The molecule has 1 fully saturated rings. The molecule has 1 aromatic carbocycles. The summed E-state index contributed by atoms with van der Waals surface area (Å²) in [6.45, 7) is 2.99. The van der Waals surface area contributed by atoms with Gasteiger partial charge in [0, 0.05) is 17.5 Å². The molecular formula is C17H22N2O. The van der Waals surface area contributed by atoms with Gasteiger partial charge < -0.3 is 11.1 Å². The Kier molecular flexibility index (Phi) is 4.81. The second-order valence-corrected chi connectivity index (χ2v) is 5.66. The summed E-state index contributed by atoms with van der Waals surface area (Å²) in [5.41, 5.74) is 7.21. The molecule has 20 heavy (non-hydrogen) atoms. The summed E-state index contributed by atoms with van der Waals surface area (Å²) in [5.74, 6) is 6.02. The van der Waals surface area contributed by atoms with E-state index in [0.29, 0.717) is 13.1 Å². The number of hydrogen-bond donors (Lipinski definition) is 2. The fraction of sp³-hybridized carbons (Fsp3) is 0.471. The lowest BCUT2D eigenvalue weighted by Gasteiger charge is -2.22. The maximum Gasteiger partial charge on any atom is 0.226 e. The molecule has 1 saturated carbocycles. The van der Waals surface area contributed by atoms with Crippen molar-refractivity contribution in [3.63, 3.8) is 0 Å². The Balaban J connectivity index is 1.95. The lowest BCUT2D eigenvalue weighted by atomic mass is 9.88. The first-order chi connectivity index (χ1) is 9.64. The fourth-order valence-corrected chi connectivity index (χ4v) is 2.69. The minimum Gasteiger partial charge on any atom is -0.352 e. The van der Waals surface area contributed by atoms with Crippen LogP contribution in [-0.2, 0) is 11.3 Å². The van der Waals surface area contributed by atoms with E-state index < -0.39 is 0 Å². The highest BCUT2D eigenvalue weighted by Gasteiger charge is 2.35. The van der Waals surface area contributed by atoms with Crippen LogP contribution in [0.3, 0.4) is 0 Å². The molecule has 0 aliphatic heterocycles. The molecule has 0 saturated heterocycles. The normalized spacial score (nSPS) is 16.3. The van der Waals surface area contributed by atoms with Gasteiger partial charge in [0.1, 0.15) is 0 Å². The van der Waals surface area contributed by atoms with Crippen LogP contribution in [0.2, 0.25) is 0 Å². The van der Waals surface area contributed by atoms with Gasteiger partial charge in [-0.2, -0.15) is 0 Å². The Morgan fingerprint density at radius 3 is 2.85 bits per heavy atom. The summed E-state index contributed by atoms with van der Waals surface area (Å²) >= 11 is 0. The molecule has 3 heteroatoms. The average molecular weight is 270 g/mol. The quantitative estimate of drug-likeness (QED) is 0.827. The van der Waals surface area contributed by atoms with Crippen LogP contribution in [0.4, 0.5) is 0 Å². The molecule has 3 nitrogen and oxygen atoms in total. The largest absolute Gasteiger partial charge is 0.352 e. The number of hydrogen-bond acceptors (Lipinski definition) is 2. The molecule has 0 unspecified atom stereocenters. The van der Waals surface area contributed by atoms with E-state index >= 15 is 0 Å². The summed E-state index contributed by atoms with van der Waals surface area (Å²) in [7, 11) is 0. The molecular weight excluding hydrogens is 248 g/mol. The second-order valence-electron chi connectivity index (χ2n) is 5.66. The topological polar surface area (TPSA) is 55.1 Å². The van der Waals surface area contributed by atoms with E-state index in [1.165, 1.54) is 0 Å². The first kappa shape index (κ1) is 14.6. The second kappa shape index (κ2) is 6.58. The minimum absolute atomic E-state index is 0.170. The van der Waals surface area contributed by atoms with Gasteiger partial charge >= 0.3 is 0 Å². The van der Waals surface area contributed by atoms with Crippen molar-refractivity contribution in [2.45, 2.75) is 39.2 Å². The van der Waals surface area contributed by atoms with E-state index in [2.05, 4.69) is 24.1 Å². The van der Waals surface area contributed by atoms with Crippen LogP contribution in [0.25, 0.3) is 0 Å². The zero-order valence-electron chi connectivity index (χ0n) is 12.0. The summed E-state index contributed by atoms with van der Waals surface area (Å²) in [4.78, 5) is 12.2. The third kappa shape index (κ3) is 3.61. The third-order valence-corrected chi connectivity index (χ3v) is 3.97. The van der Waals surface area contributed by atoms with Gasteiger partial charge in [0.05, 0.1) is 6.54 Å². The molecule has 0 radical (unpaired) electrons. The zero-order chi connectivity index (χ0) is 14.4. The number of carbonyl (C=O) groups excluding carboxylic acids is 1. The third-order valence-electron chi connectivity index (χ3n) is 3.97. The Morgan fingerprint density at radius 1 is 1.40 bits per heavy atom. The molecule has 0 aromatic heterocycles. The Bertz CT molecular complexity index is 533. The lowest BCUT2D eigenvalue weighted by Crippen LogP contribution is -2.36. The van der Waals surface area contributed by atoms with Gasteiger partial charge in [-0.3, -0.25) is 4.79 Å². The molecule has 1 aromatic rings. The van der Waals surface area contributed by atoms with Crippen LogP contribution in [-0.4, -0.2) is 12.5 Å². The molecule has 2 rings (SSSR count). The van der Waals surface area contributed by atoms with E-state index in [-0.39, 0.29) is 11.3 Å². The van der Waals surface area contributed by atoms with Crippen LogP contribution < -0.4 is 11.1 Å². The predicted molar refractivity (Wildman–Crippen MR) is 80.8 cm³/mol. The van der Waals surface area contributed by atoms with E-state index in [1.807, 2.05) is 24.3 Å². The molecule has 0 bridgehead atoms. The molecule has 1 aliphatic carbocycles. The van der Waals surface area contributed by atoms with Crippen LogP contribution in [0.1, 0.15) is 43.7 Å². The summed E-state index contributed by atoms with van der Waals surface area (Å²) in [5, 5.41) is 3.05. The van der Waals surface area contributed by atoms with Gasteiger partial charge in [-0.1, -0.05) is 43.7 Å². The van der Waals surface area contributed by atoms with Crippen molar-refractivity contribution in [1.29, 1.82) is 0 Å². The number of nitrogens with one attached hydrogen (secondary N) is 1. The number of rotatable bonds is 3. The van der Waals surface area contributed by atoms with Crippen molar-refractivity contribution < 1.29 is 4.79 Å². The van der Waals surface area contributed by atoms with Crippen molar-refractivity contribution >= 4 is 5.91 Å². The van der Waals surface area contributed by atoms with Crippen LogP contribution >= 0.6 is 0 Å². The highest BCUT2D eigenvalue weighted by Crippen LogP contribution is 2.37. The Labute approximate surface area is 120 Å². The fourth-order valence-electron chi connectivity index (χ4n) is 2.69. The highest BCUT2D eigenvalue weighted by molar-refractivity contribution is 5.82. The first-order valence-corrected chi connectivity index (χ1v) is 7.20. The summed E-state index contributed by atoms with van der Waals surface area (Å²) < 4.78 is 0. The number of benzene rings is 1. The maximum atomic E-state index is 12.2. The van der Waals surface area contributed by atoms with Gasteiger partial charge in [-0.25, -0.2) is 0 Å².